The number of benzene rings is 1. The van der Waals surface area contributed by atoms with Crippen molar-refractivity contribution >= 4 is 17.5 Å². The number of ether oxygens (including phenoxy) is 2. The van der Waals surface area contributed by atoms with Gasteiger partial charge in [0.25, 0.3) is 0 Å². The first-order valence-corrected chi connectivity index (χ1v) is 7.08. The van der Waals surface area contributed by atoms with Gasteiger partial charge in [-0.1, -0.05) is 11.6 Å². The summed E-state index contributed by atoms with van der Waals surface area (Å²) in [5, 5.41) is 3.98. The standard InChI is InChI=1S/C15H20ClN3O2/c1-10-8-19(15(17-10)18-11(2)9-20-3)13-7-12(16)5-6-14(13)21-4/h5-8,11H,9H2,1-4H3,(H,17,18). The molecule has 0 saturated carbocycles. The minimum absolute atomic E-state index is 0.140. The Morgan fingerprint density at radius 2 is 2.14 bits per heavy atom. The molecule has 0 aliphatic rings. The fourth-order valence-electron chi connectivity index (χ4n) is 2.15. The summed E-state index contributed by atoms with van der Waals surface area (Å²) >= 11 is 6.11. The quantitative estimate of drug-likeness (QED) is 0.889. The molecule has 1 aromatic heterocycles. The number of imidazole rings is 1. The number of nitrogens with zero attached hydrogens (tertiary/aromatic N) is 2. The molecule has 2 rings (SSSR count). The van der Waals surface area contributed by atoms with Crippen LogP contribution in [0, 0.1) is 6.92 Å². The minimum Gasteiger partial charge on any atom is -0.495 e. The highest BCUT2D eigenvalue weighted by molar-refractivity contribution is 6.30. The van der Waals surface area contributed by atoms with Gasteiger partial charge in [0.05, 0.1) is 25.1 Å². The third-order valence-corrected chi connectivity index (χ3v) is 3.25. The molecular weight excluding hydrogens is 290 g/mol. The van der Waals surface area contributed by atoms with Crippen molar-refractivity contribution in [1.29, 1.82) is 0 Å². The molecule has 1 unspecified atom stereocenters. The number of nitrogens with one attached hydrogen (secondary N) is 1. The van der Waals surface area contributed by atoms with E-state index < -0.39 is 0 Å². The molecule has 0 spiro atoms. The van der Waals surface area contributed by atoms with Crippen molar-refractivity contribution in [2.75, 3.05) is 26.1 Å². The Hall–Kier alpha value is -1.72. The Morgan fingerprint density at radius 3 is 2.81 bits per heavy atom. The van der Waals surface area contributed by atoms with E-state index in [0.717, 1.165) is 23.1 Å². The van der Waals surface area contributed by atoms with Crippen LogP contribution in [0.1, 0.15) is 12.6 Å². The summed E-state index contributed by atoms with van der Waals surface area (Å²) in [6.45, 7) is 4.57. The van der Waals surface area contributed by atoms with Gasteiger partial charge in [-0.15, -0.1) is 0 Å². The lowest BCUT2D eigenvalue weighted by atomic mass is 10.3. The Morgan fingerprint density at radius 1 is 1.38 bits per heavy atom. The largest absolute Gasteiger partial charge is 0.495 e. The third kappa shape index (κ3) is 3.68. The fraction of sp³-hybridized carbons (Fsp3) is 0.400. The average molecular weight is 310 g/mol. The Bertz CT molecular complexity index is 613. The first-order valence-electron chi connectivity index (χ1n) is 6.70. The van der Waals surface area contributed by atoms with Crippen LogP contribution in [0.3, 0.4) is 0 Å². The van der Waals surface area contributed by atoms with E-state index in [0.29, 0.717) is 11.6 Å². The lowest BCUT2D eigenvalue weighted by Crippen LogP contribution is -2.23. The summed E-state index contributed by atoms with van der Waals surface area (Å²) in [4.78, 5) is 4.51. The van der Waals surface area contributed by atoms with Gasteiger partial charge in [0.2, 0.25) is 5.95 Å². The molecule has 1 atom stereocenters. The first-order chi connectivity index (χ1) is 10.0. The normalized spacial score (nSPS) is 12.2. The molecule has 0 amide bonds. The average Bonchev–Trinajstić information content (AvgIpc) is 2.79. The number of hydrogen-bond donors (Lipinski definition) is 1. The van der Waals surface area contributed by atoms with Crippen molar-refractivity contribution in [2.24, 2.45) is 0 Å². The maximum atomic E-state index is 6.11. The highest BCUT2D eigenvalue weighted by Crippen LogP contribution is 2.29. The summed E-state index contributed by atoms with van der Waals surface area (Å²) in [6, 6.07) is 5.64. The summed E-state index contributed by atoms with van der Waals surface area (Å²) in [5.74, 6) is 1.47. The summed E-state index contributed by atoms with van der Waals surface area (Å²) in [5.41, 5.74) is 1.75. The van der Waals surface area contributed by atoms with Crippen LogP contribution < -0.4 is 10.1 Å². The van der Waals surface area contributed by atoms with Crippen LogP contribution in [0.2, 0.25) is 5.02 Å². The van der Waals surface area contributed by atoms with Gasteiger partial charge >= 0.3 is 0 Å². The maximum Gasteiger partial charge on any atom is 0.208 e. The van der Waals surface area contributed by atoms with Gasteiger partial charge in [0, 0.05) is 24.4 Å². The monoisotopic (exact) mass is 309 g/mol. The summed E-state index contributed by atoms with van der Waals surface area (Å²) < 4.78 is 12.5. The van der Waals surface area contributed by atoms with Gasteiger partial charge < -0.3 is 14.8 Å². The number of methoxy groups -OCH3 is 2. The molecule has 0 aliphatic carbocycles. The van der Waals surface area contributed by atoms with E-state index in [-0.39, 0.29) is 6.04 Å². The minimum atomic E-state index is 0.140. The predicted molar refractivity (Wildman–Crippen MR) is 84.8 cm³/mol. The molecule has 0 aliphatic heterocycles. The maximum absolute atomic E-state index is 6.11. The Balaban J connectivity index is 2.42. The zero-order chi connectivity index (χ0) is 15.4. The lowest BCUT2D eigenvalue weighted by Gasteiger charge is -2.16. The number of halogens is 1. The highest BCUT2D eigenvalue weighted by atomic mass is 35.5. The molecule has 1 aromatic carbocycles. The van der Waals surface area contributed by atoms with E-state index in [4.69, 9.17) is 21.1 Å². The zero-order valence-corrected chi connectivity index (χ0v) is 13.4. The van der Waals surface area contributed by atoms with Crippen molar-refractivity contribution in [2.45, 2.75) is 19.9 Å². The molecular formula is C15H20ClN3O2. The van der Waals surface area contributed by atoms with Crippen molar-refractivity contribution in [3.63, 3.8) is 0 Å². The lowest BCUT2D eigenvalue weighted by molar-refractivity contribution is 0.190. The van der Waals surface area contributed by atoms with Crippen LogP contribution in [0.25, 0.3) is 5.69 Å². The first kappa shape index (κ1) is 15.7. The fourth-order valence-corrected chi connectivity index (χ4v) is 2.31. The van der Waals surface area contributed by atoms with Crippen LogP contribution in [0.5, 0.6) is 5.75 Å². The van der Waals surface area contributed by atoms with Crippen molar-refractivity contribution in [3.05, 3.63) is 35.1 Å². The molecule has 5 nitrogen and oxygen atoms in total. The number of rotatable bonds is 6. The van der Waals surface area contributed by atoms with E-state index in [1.54, 1.807) is 20.3 Å². The van der Waals surface area contributed by atoms with E-state index in [2.05, 4.69) is 10.3 Å². The number of aromatic nitrogens is 2. The van der Waals surface area contributed by atoms with Gasteiger partial charge in [0.1, 0.15) is 5.75 Å². The van der Waals surface area contributed by atoms with E-state index >= 15 is 0 Å². The smallest absolute Gasteiger partial charge is 0.208 e. The van der Waals surface area contributed by atoms with Crippen molar-refractivity contribution in [3.8, 4) is 11.4 Å². The number of hydrogen-bond acceptors (Lipinski definition) is 4. The summed E-state index contributed by atoms with van der Waals surface area (Å²) in [6.07, 6.45) is 1.94. The molecule has 1 N–H and O–H groups in total. The second-order valence-corrected chi connectivity index (χ2v) is 5.33. The molecule has 114 valence electrons. The molecule has 0 bridgehead atoms. The van der Waals surface area contributed by atoms with Crippen LogP contribution in [0.15, 0.2) is 24.4 Å². The molecule has 0 fully saturated rings. The number of aryl methyl sites for hydroxylation is 1. The molecule has 0 saturated heterocycles. The van der Waals surface area contributed by atoms with Crippen molar-refractivity contribution < 1.29 is 9.47 Å². The van der Waals surface area contributed by atoms with Gasteiger partial charge in [-0.05, 0) is 32.0 Å². The van der Waals surface area contributed by atoms with Gasteiger partial charge in [-0.3, -0.25) is 4.57 Å². The SMILES string of the molecule is COCC(C)Nc1nc(C)cn1-c1cc(Cl)ccc1OC. The molecule has 1 heterocycles. The second-order valence-electron chi connectivity index (χ2n) is 4.89. The predicted octanol–water partition coefficient (Wildman–Crippen LogP) is 3.29. The second kappa shape index (κ2) is 6.83. The van der Waals surface area contributed by atoms with Crippen LogP contribution in [-0.2, 0) is 4.74 Å². The van der Waals surface area contributed by atoms with Crippen LogP contribution in [-0.4, -0.2) is 36.4 Å². The summed E-state index contributed by atoms with van der Waals surface area (Å²) in [7, 11) is 3.31. The van der Waals surface area contributed by atoms with Gasteiger partial charge in [0.15, 0.2) is 0 Å². The molecule has 21 heavy (non-hydrogen) atoms. The Kier molecular flexibility index (Phi) is 5.09. The number of anilines is 1. The van der Waals surface area contributed by atoms with E-state index in [1.807, 2.05) is 36.7 Å². The Labute approximate surface area is 129 Å². The van der Waals surface area contributed by atoms with Gasteiger partial charge in [-0.25, -0.2) is 4.98 Å². The molecule has 6 heteroatoms. The molecule has 2 aromatic rings. The zero-order valence-electron chi connectivity index (χ0n) is 12.7. The third-order valence-electron chi connectivity index (χ3n) is 3.02. The van der Waals surface area contributed by atoms with Crippen LogP contribution >= 0.6 is 11.6 Å². The molecule has 0 radical (unpaired) electrons. The van der Waals surface area contributed by atoms with Crippen molar-refractivity contribution in [1.82, 2.24) is 9.55 Å². The van der Waals surface area contributed by atoms with E-state index in [1.165, 1.54) is 0 Å². The van der Waals surface area contributed by atoms with Gasteiger partial charge in [-0.2, -0.15) is 0 Å². The highest BCUT2D eigenvalue weighted by Gasteiger charge is 2.14. The van der Waals surface area contributed by atoms with E-state index in [9.17, 15) is 0 Å². The van der Waals surface area contributed by atoms with Crippen LogP contribution in [0.4, 0.5) is 5.95 Å². The topological polar surface area (TPSA) is 48.3 Å².